The van der Waals surface area contributed by atoms with Crippen molar-refractivity contribution in [2.24, 2.45) is 0 Å². The van der Waals surface area contributed by atoms with Crippen molar-refractivity contribution in [1.29, 1.82) is 0 Å². The largest absolute Gasteiger partial charge is 0.322 e. The van der Waals surface area contributed by atoms with Gasteiger partial charge in [0.1, 0.15) is 0 Å². The summed E-state index contributed by atoms with van der Waals surface area (Å²) in [6, 6.07) is 13.6. The maximum absolute atomic E-state index is 12.2. The van der Waals surface area contributed by atoms with Gasteiger partial charge >= 0.3 is 0 Å². The van der Waals surface area contributed by atoms with E-state index in [1.165, 1.54) is 0 Å². The Bertz CT molecular complexity index is 593. The van der Waals surface area contributed by atoms with E-state index in [0.717, 1.165) is 25.9 Å². The Hall–Kier alpha value is -1.36. The molecule has 0 saturated heterocycles. The molecule has 2 rings (SSSR count). The third kappa shape index (κ3) is 2.90. The van der Waals surface area contributed by atoms with Crippen LogP contribution in [0.2, 0.25) is 0 Å². The molecule has 0 unspecified atom stereocenters. The molecule has 0 radical (unpaired) electrons. The molecule has 0 bridgehead atoms. The lowest BCUT2D eigenvalue weighted by molar-refractivity contribution is 0.102. The lowest BCUT2D eigenvalue weighted by Crippen LogP contribution is -2.14. The van der Waals surface area contributed by atoms with Crippen LogP contribution in [0.4, 0.5) is 5.69 Å². The molecule has 0 aliphatic heterocycles. The van der Waals surface area contributed by atoms with Crippen LogP contribution >= 0.6 is 22.6 Å². The molecule has 0 aliphatic carbocycles. The van der Waals surface area contributed by atoms with Gasteiger partial charge in [-0.05, 0) is 65.8 Å². The number of anilines is 1. The molecule has 1 amide bonds. The van der Waals surface area contributed by atoms with Gasteiger partial charge in [0.2, 0.25) is 0 Å². The van der Waals surface area contributed by atoms with E-state index in [0.29, 0.717) is 0 Å². The van der Waals surface area contributed by atoms with Gasteiger partial charge in [0.25, 0.3) is 5.91 Å². The van der Waals surface area contributed by atoms with Crippen molar-refractivity contribution in [3.05, 3.63) is 62.7 Å². The number of carbonyl (C=O) groups is 1. The highest BCUT2D eigenvalue weighted by Crippen LogP contribution is 2.19. The first-order valence-corrected chi connectivity index (χ1v) is 6.79. The summed E-state index contributed by atoms with van der Waals surface area (Å²) in [6.07, 6.45) is 0. The van der Waals surface area contributed by atoms with Crippen LogP contribution < -0.4 is 5.32 Å². The highest BCUT2D eigenvalue weighted by atomic mass is 127. The van der Waals surface area contributed by atoms with Gasteiger partial charge in [0.15, 0.2) is 0 Å². The molecule has 0 spiro atoms. The van der Waals surface area contributed by atoms with Crippen LogP contribution in [-0.4, -0.2) is 5.91 Å². The van der Waals surface area contributed by atoms with Crippen LogP contribution in [0.25, 0.3) is 0 Å². The molecule has 2 nitrogen and oxygen atoms in total. The van der Waals surface area contributed by atoms with Crippen molar-refractivity contribution >= 4 is 34.2 Å². The molecule has 0 atom stereocenters. The molecule has 2 aromatic rings. The lowest BCUT2D eigenvalue weighted by Gasteiger charge is -2.10. The number of nitrogens with one attached hydrogen (secondary N) is 1. The summed E-state index contributed by atoms with van der Waals surface area (Å²) in [5, 5.41) is 2.96. The molecule has 2 aromatic carbocycles. The van der Waals surface area contributed by atoms with Gasteiger partial charge < -0.3 is 5.32 Å². The van der Waals surface area contributed by atoms with Crippen molar-refractivity contribution in [3.63, 3.8) is 0 Å². The minimum absolute atomic E-state index is 0.0572. The van der Waals surface area contributed by atoms with Crippen LogP contribution in [0, 0.1) is 17.4 Å². The predicted molar refractivity (Wildman–Crippen MR) is 83.0 cm³/mol. The molecule has 0 aromatic heterocycles. The maximum atomic E-state index is 12.2. The number of carbonyl (C=O) groups excluding carboxylic acids is 1. The molecule has 18 heavy (non-hydrogen) atoms. The molecule has 0 saturated carbocycles. The highest BCUT2D eigenvalue weighted by Gasteiger charge is 2.09. The molecular weight excluding hydrogens is 337 g/mol. The minimum atomic E-state index is -0.0572. The Morgan fingerprint density at radius 3 is 2.50 bits per heavy atom. The second-order valence-corrected chi connectivity index (χ2v) is 5.47. The first-order chi connectivity index (χ1) is 8.58. The summed E-state index contributed by atoms with van der Waals surface area (Å²) < 4.78 is 1.11. The fraction of sp³-hybridized carbons (Fsp3) is 0.133. The SMILES string of the molecule is Cc1ccc(I)cc1NC(=O)c1ccccc1C. The molecular formula is C15H14INO. The topological polar surface area (TPSA) is 29.1 Å². The minimum Gasteiger partial charge on any atom is -0.322 e. The summed E-state index contributed by atoms with van der Waals surface area (Å²) in [6.45, 7) is 3.93. The van der Waals surface area contributed by atoms with Crippen LogP contribution in [0.3, 0.4) is 0 Å². The average molecular weight is 351 g/mol. The number of benzene rings is 2. The van der Waals surface area contributed by atoms with E-state index in [1.54, 1.807) is 0 Å². The summed E-state index contributed by atoms with van der Waals surface area (Å²) >= 11 is 2.24. The van der Waals surface area contributed by atoms with Gasteiger partial charge in [-0.15, -0.1) is 0 Å². The number of hydrogen-bond donors (Lipinski definition) is 1. The van der Waals surface area contributed by atoms with Crippen molar-refractivity contribution in [2.45, 2.75) is 13.8 Å². The molecule has 0 fully saturated rings. The monoisotopic (exact) mass is 351 g/mol. The van der Waals surface area contributed by atoms with E-state index in [4.69, 9.17) is 0 Å². The van der Waals surface area contributed by atoms with E-state index in [-0.39, 0.29) is 5.91 Å². The summed E-state index contributed by atoms with van der Waals surface area (Å²) in [7, 11) is 0. The number of aryl methyl sites for hydroxylation is 2. The first kappa shape index (κ1) is 13.1. The van der Waals surface area contributed by atoms with E-state index >= 15 is 0 Å². The van der Waals surface area contributed by atoms with E-state index in [2.05, 4.69) is 27.9 Å². The van der Waals surface area contributed by atoms with Crippen molar-refractivity contribution in [3.8, 4) is 0 Å². The standard InChI is InChI=1S/C15H14INO/c1-10-5-3-4-6-13(10)15(18)17-14-9-12(16)8-7-11(14)2/h3-9H,1-2H3,(H,17,18). The summed E-state index contributed by atoms with van der Waals surface area (Å²) in [5.74, 6) is -0.0572. The number of amides is 1. The quantitative estimate of drug-likeness (QED) is 0.809. The smallest absolute Gasteiger partial charge is 0.255 e. The van der Waals surface area contributed by atoms with Crippen LogP contribution in [0.15, 0.2) is 42.5 Å². The molecule has 0 aliphatic rings. The molecule has 1 N–H and O–H groups in total. The number of halogens is 1. The Kier molecular flexibility index (Phi) is 4.01. The van der Waals surface area contributed by atoms with Gasteiger partial charge in [-0.2, -0.15) is 0 Å². The number of rotatable bonds is 2. The lowest BCUT2D eigenvalue weighted by atomic mass is 10.1. The van der Waals surface area contributed by atoms with Gasteiger partial charge in [0, 0.05) is 14.8 Å². The normalized spacial score (nSPS) is 10.2. The van der Waals surface area contributed by atoms with E-state index in [9.17, 15) is 4.79 Å². The third-order valence-corrected chi connectivity index (χ3v) is 3.51. The molecule has 3 heteroatoms. The van der Waals surface area contributed by atoms with Crippen molar-refractivity contribution < 1.29 is 4.79 Å². The predicted octanol–water partition coefficient (Wildman–Crippen LogP) is 4.16. The highest BCUT2D eigenvalue weighted by molar-refractivity contribution is 14.1. The van der Waals surface area contributed by atoms with Gasteiger partial charge in [-0.25, -0.2) is 0 Å². The van der Waals surface area contributed by atoms with Crippen LogP contribution in [0.5, 0.6) is 0 Å². The van der Waals surface area contributed by atoms with Gasteiger partial charge in [0.05, 0.1) is 0 Å². The Balaban J connectivity index is 2.27. The fourth-order valence-corrected chi connectivity index (χ4v) is 2.24. The van der Waals surface area contributed by atoms with Gasteiger partial charge in [-0.3, -0.25) is 4.79 Å². The Labute approximate surface area is 121 Å². The number of hydrogen-bond acceptors (Lipinski definition) is 1. The average Bonchev–Trinajstić information content (AvgIpc) is 2.34. The fourth-order valence-electron chi connectivity index (χ4n) is 1.75. The first-order valence-electron chi connectivity index (χ1n) is 5.71. The van der Waals surface area contributed by atoms with Crippen molar-refractivity contribution in [2.75, 3.05) is 5.32 Å². The second kappa shape index (κ2) is 5.52. The summed E-state index contributed by atoms with van der Waals surface area (Å²) in [4.78, 5) is 12.2. The van der Waals surface area contributed by atoms with E-state index < -0.39 is 0 Å². The maximum Gasteiger partial charge on any atom is 0.255 e. The van der Waals surface area contributed by atoms with Crippen LogP contribution in [0.1, 0.15) is 21.5 Å². The molecule has 0 heterocycles. The molecule has 92 valence electrons. The van der Waals surface area contributed by atoms with Crippen LogP contribution in [-0.2, 0) is 0 Å². The van der Waals surface area contributed by atoms with Gasteiger partial charge in [-0.1, -0.05) is 24.3 Å². The zero-order valence-electron chi connectivity index (χ0n) is 10.3. The summed E-state index contributed by atoms with van der Waals surface area (Å²) in [5.41, 5.74) is 3.64. The second-order valence-electron chi connectivity index (χ2n) is 4.23. The third-order valence-electron chi connectivity index (χ3n) is 2.84. The zero-order valence-corrected chi connectivity index (χ0v) is 12.5. The van der Waals surface area contributed by atoms with E-state index in [1.807, 2.05) is 56.3 Å². The Morgan fingerprint density at radius 2 is 1.78 bits per heavy atom. The Morgan fingerprint density at radius 1 is 1.06 bits per heavy atom. The van der Waals surface area contributed by atoms with Crippen molar-refractivity contribution in [1.82, 2.24) is 0 Å². The zero-order chi connectivity index (χ0) is 13.1.